The summed E-state index contributed by atoms with van der Waals surface area (Å²) in [4.78, 5) is 0. The molecule has 0 spiro atoms. The third kappa shape index (κ3) is 4.49. The third-order valence-corrected chi connectivity index (χ3v) is 3.19. The molecule has 0 saturated carbocycles. The first-order valence-corrected chi connectivity index (χ1v) is 6.17. The van der Waals surface area contributed by atoms with Gasteiger partial charge in [-0.15, -0.1) is 6.58 Å². The molecule has 0 bridgehead atoms. The number of rotatable bonds is 6. The molecule has 1 aromatic carbocycles. The van der Waals surface area contributed by atoms with E-state index < -0.39 is 0 Å². The molecule has 1 unspecified atom stereocenters. The Morgan fingerprint density at radius 1 is 1.53 bits per heavy atom. The van der Waals surface area contributed by atoms with E-state index in [2.05, 4.69) is 11.9 Å². The van der Waals surface area contributed by atoms with Gasteiger partial charge in [-0.05, 0) is 45.4 Å². The van der Waals surface area contributed by atoms with Crippen LogP contribution >= 0.6 is 11.6 Å². The standard InChI is InChI=1S/C14H19ClFN/c1-10(2)7-8-11(17-3)9-12-13(15)5-4-6-14(12)16/h4-6,11,17H,1,7-9H2,2-3H3. The predicted molar refractivity (Wildman–Crippen MR) is 72.0 cm³/mol. The Morgan fingerprint density at radius 2 is 2.24 bits per heavy atom. The third-order valence-electron chi connectivity index (χ3n) is 2.84. The predicted octanol–water partition coefficient (Wildman–Crippen LogP) is 3.97. The van der Waals surface area contributed by atoms with Crippen molar-refractivity contribution < 1.29 is 4.39 Å². The Bertz CT molecular complexity index is 370. The molecule has 0 aliphatic carbocycles. The Balaban J connectivity index is 2.70. The van der Waals surface area contributed by atoms with Crippen molar-refractivity contribution in [1.82, 2.24) is 5.32 Å². The zero-order valence-electron chi connectivity index (χ0n) is 10.4. The van der Waals surface area contributed by atoms with Gasteiger partial charge >= 0.3 is 0 Å². The van der Waals surface area contributed by atoms with Crippen molar-refractivity contribution in [2.75, 3.05) is 7.05 Å². The molecule has 1 rings (SSSR count). The monoisotopic (exact) mass is 255 g/mol. The average Bonchev–Trinajstić information content (AvgIpc) is 2.27. The highest BCUT2D eigenvalue weighted by Gasteiger charge is 2.13. The maximum absolute atomic E-state index is 13.6. The zero-order chi connectivity index (χ0) is 12.8. The van der Waals surface area contributed by atoms with Gasteiger partial charge in [0.15, 0.2) is 0 Å². The summed E-state index contributed by atoms with van der Waals surface area (Å²) in [5.74, 6) is -0.229. The molecule has 0 saturated heterocycles. The SMILES string of the molecule is C=C(C)CCC(Cc1c(F)cccc1Cl)NC. The van der Waals surface area contributed by atoms with Gasteiger partial charge in [-0.2, -0.15) is 0 Å². The molecule has 0 aliphatic heterocycles. The molecule has 0 aromatic heterocycles. The van der Waals surface area contributed by atoms with E-state index in [0.717, 1.165) is 18.4 Å². The molecule has 0 radical (unpaired) electrons. The number of allylic oxidation sites excluding steroid dienone is 1. The largest absolute Gasteiger partial charge is 0.317 e. The molecular weight excluding hydrogens is 237 g/mol. The van der Waals surface area contributed by atoms with Gasteiger partial charge in [-0.1, -0.05) is 23.2 Å². The number of hydrogen-bond acceptors (Lipinski definition) is 1. The fourth-order valence-electron chi connectivity index (χ4n) is 1.74. The van der Waals surface area contributed by atoms with E-state index in [1.165, 1.54) is 6.07 Å². The molecule has 94 valence electrons. The van der Waals surface area contributed by atoms with E-state index in [-0.39, 0.29) is 11.9 Å². The highest BCUT2D eigenvalue weighted by Crippen LogP contribution is 2.21. The average molecular weight is 256 g/mol. The minimum absolute atomic E-state index is 0.223. The molecule has 0 amide bonds. The minimum Gasteiger partial charge on any atom is -0.317 e. The highest BCUT2D eigenvalue weighted by atomic mass is 35.5. The van der Waals surface area contributed by atoms with Crippen molar-refractivity contribution in [1.29, 1.82) is 0 Å². The molecule has 1 aromatic rings. The van der Waals surface area contributed by atoms with Crippen LogP contribution in [0.15, 0.2) is 30.4 Å². The molecule has 1 nitrogen and oxygen atoms in total. The summed E-state index contributed by atoms with van der Waals surface area (Å²) in [6, 6.07) is 5.03. The fraction of sp³-hybridized carbons (Fsp3) is 0.429. The smallest absolute Gasteiger partial charge is 0.127 e. The van der Waals surface area contributed by atoms with Crippen molar-refractivity contribution in [2.24, 2.45) is 0 Å². The topological polar surface area (TPSA) is 12.0 Å². The summed E-state index contributed by atoms with van der Waals surface area (Å²) in [6.07, 6.45) is 2.49. The summed E-state index contributed by atoms with van der Waals surface area (Å²) < 4.78 is 13.6. The normalized spacial score (nSPS) is 12.5. The number of nitrogens with one attached hydrogen (secondary N) is 1. The van der Waals surface area contributed by atoms with Crippen LogP contribution in [-0.2, 0) is 6.42 Å². The van der Waals surface area contributed by atoms with E-state index in [4.69, 9.17) is 11.6 Å². The summed E-state index contributed by atoms with van der Waals surface area (Å²) in [7, 11) is 1.89. The Hall–Kier alpha value is -0.860. The fourth-order valence-corrected chi connectivity index (χ4v) is 1.98. The van der Waals surface area contributed by atoms with Gasteiger partial charge < -0.3 is 5.32 Å². The maximum Gasteiger partial charge on any atom is 0.127 e. The zero-order valence-corrected chi connectivity index (χ0v) is 11.1. The van der Waals surface area contributed by atoms with E-state index in [1.54, 1.807) is 12.1 Å². The van der Waals surface area contributed by atoms with Gasteiger partial charge in [0.1, 0.15) is 5.82 Å². The van der Waals surface area contributed by atoms with Crippen LogP contribution in [0.2, 0.25) is 5.02 Å². The van der Waals surface area contributed by atoms with Crippen LogP contribution in [-0.4, -0.2) is 13.1 Å². The van der Waals surface area contributed by atoms with Crippen molar-refractivity contribution in [2.45, 2.75) is 32.2 Å². The first-order chi connectivity index (χ1) is 8.04. The maximum atomic E-state index is 13.6. The van der Waals surface area contributed by atoms with Crippen LogP contribution < -0.4 is 5.32 Å². The molecular formula is C14H19ClFN. The number of halogens is 2. The van der Waals surface area contributed by atoms with Crippen LogP contribution in [0.1, 0.15) is 25.3 Å². The van der Waals surface area contributed by atoms with Crippen LogP contribution in [0.4, 0.5) is 4.39 Å². The van der Waals surface area contributed by atoms with E-state index in [0.29, 0.717) is 17.0 Å². The van der Waals surface area contributed by atoms with Gasteiger partial charge in [0.25, 0.3) is 0 Å². The van der Waals surface area contributed by atoms with Crippen molar-refractivity contribution >= 4 is 11.6 Å². The molecule has 0 fully saturated rings. The molecule has 1 atom stereocenters. The lowest BCUT2D eigenvalue weighted by Crippen LogP contribution is -2.28. The lowest BCUT2D eigenvalue weighted by Gasteiger charge is -2.17. The highest BCUT2D eigenvalue weighted by molar-refractivity contribution is 6.31. The quantitative estimate of drug-likeness (QED) is 0.759. The minimum atomic E-state index is -0.229. The first kappa shape index (κ1) is 14.2. The Kier molecular flexibility index (Phi) is 5.66. The summed E-state index contributed by atoms with van der Waals surface area (Å²) in [5, 5.41) is 3.69. The summed E-state index contributed by atoms with van der Waals surface area (Å²) >= 11 is 6.01. The second-order valence-electron chi connectivity index (χ2n) is 4.39. The van der Waals surface area contributed by atoms with E-state index >= 15 is 0 Å². The van der Waals surface area contributed by atoms with Crippen LogP contribution in [0.5, 0.6) is 0 Å². The van der Waals surface area contributed by atoms with Crippen molar-refractivity contribution in [3.63, 3.8) is 0 Å². The Labute approximate surface area is 108 Å². The molecule has 0 aliphatic rings. The van der Waals surface area contributed by atoms with Gasteiger partial charge in [-0.3, -0.25) is 0 Å². The van der Waals surface area contributed by atoms with Gasteiger partial charge in [0, 0.05) is 16.6 Å². The molecule has 0 heterocycles. The lowest BCUT2D eigenvalue weighted by atomic mass is 9.99. The van der Waals surface area contributed by atoms with E-state index in [1.807, 2.05) is 14.0 Å². The van der Waals surface area contributed by atoms with E-state index in [9.17, 15) is 4.39 Å². The second kappa shape index (κ2) is 6.77. The van der Waals surface area contributed by atoms with Gasteiger partial charge in [0.05, 0.1) is 0 Å². The number of benzene rings is 1. The second-order valence-corrected chi connectivity index (χ2v) is 4.79. The summed E-state index contributed by atoms with van der Waals surface area (Å²) in [5.41, 5.74) is 1.74. The van der Waals surface area contributed by atoms with Crippen molar-refractivity contribution in [3.8, 4) is 0 Å². The van der Waals surface area contributed by atoms with Crippen LogP contribution in [0.3, 0.4) is 0 Å². The molecule has 3 heteroatoms. The van der Waals surface area contributed by atoms with Gasteiger partial charge in [0.2, 0.25) is 0 Å². The van der Waals surface area contributed by atoms with Crippen LogP contribution in [0, 0.1) is 5.82 Å². The van der Waals surface area contributed by atoms with Crippen LogP contribution in [0.25, 0.3) is 0 Å². The molecule has 1 N–H and O–H groups in total. The Morgan fingerprint density at radius 3 is 2.76 bits per heavy atom. The molecule has 17 heavy (non-hydrogen) atoms. The lowest BCUT2D eigenvalue weighted by molar-refractivity contribution is 0.504. The number of hydrogen-bond donors (Lipinski definition) is 1. The van der Waals surface area contributed by atoms with Crippen molar-refractivity contribution in [3.05, 3.63) is 46.8 Å². The first-order valence-electron chi connectivity index (χ1n) is 5.79. The number of likely N-dealkylation sites (N-methyl/N-ethyl adjacent to an activating group) is 1. The van der Waals surface area contributed by atoms with Gasteiger partial charge in [-0.25, -0.2) is 4.39 Å². The summed E-state index contributed by atoms with van der Waals surface area (Å²) in [6.45, 7) is 5.88.